The van der Waals surface area contributed by atoms with E-state index >= 15 is 0 Å². The van der Waals surface area contributed by atoms with Gasteiger partial charge in [0.05, 0.1) is 6.61 Å². The predicted octanol–water partition coefficient (Wildman–Crippen LogP) is 2.09. The van der Waals surface area contributed by atoms with Gasteiger partial charge >= 0.3 is 0 Å². The molecule has 148 valence electrons. The van der Waals surface area contributed by atoms with Crippen molar-refractivity contribution in [3.05, 3.63) is 29.8 Å². The number of hydrogen-bond acceptors (Lipinski definition) is 4. The molecule has 2 atom stereocenters. The lowest BCUT2D eigenvalue weighted by Gasteiger charge is -2.20. The number of nitrogens with one attached hydrogen (secondary N) is 1. The third-order valence-electron chi connectivity index (χ3n) is 5.96. The number of likely N-dealkylation sites (tertiary alicyclic amines) is 1. The Morgan fingerprint density at radius 2 is 1.81 bits per heavy atom. The number of carbonyl (C=O) groups is 2. The van der Waals surface area contributed by atoms with Crippen LogP contribution in [0.1, 0.15) is 37.7 Å². The lowest BCUT2D eigenvalue weighted by molar-refractivity contribution is -0.130. The molecule has 27 heavy (non-hydrogen) atoms. The van der Waals surface area contributed by atoms with Crippen LogP contribution in [0.25, 0.3) is 0 Å². The fourth-order valence-electron chi connectivity index (χ4n) is 4.27. The summed E-state index contributed by atoms with van der Waals surface area (Å²) in [6.45, 7) is 3.54. The van der Waals surface area contributed by atoms with Gasteiger partial charge in [0.2, 0.25) is 11.8 Å². The van der Waals surface area contributed by atoms with Gasteiger partial charge in [-0.05, 0) is 42.4 Å². The SMILES string of the molecule is CN(CCC(=O)Nc1ccc(CO)cc1)C(=O)CCN1CC2CCCC2C1. The van der Waals surface area contributed by atoms with E-state index in [0.717, 1.165) is 37.0 Å². The second kappa shape index (κ2) is 9.33. The molecule has 1 aromatic rings. The summed E-state index contributed by atoms with van der Waals surface area (Å²) in [7, 11) is 1.77. The van der Waals surface area contributed by atoms with Crippen molar-refractivity contribution < 1.29 is 14.7 Å². The van der Waals surface area contributed by atoms with Crippen LogP contribution < -0.4 is 5.32 Å². The predicted molar refractivity (Wildman–Crippen MR) is 105 cm³/mol. The number of rotatable bonds is 8. The monoisotopic (exact) mass is 373 g/mol. The van der Waals surface area contributed by atoms with E-state index in [4.69, 9.17) is 5.11 Å². The molecule has 0 aromatic heterocycles. The van der Waals surface area contributed by atoms with Gasteiger partial charge in [-0.2, -0.15) is 0 Å². The normalized spacial score (nSPS) is 21.9. The number of hydrogen-bond donors (Lipinski definition) is 2. The number of benzene rings is 1. The number of carbonyl (C=O) groups excluding carboxylic acids is 2. The van der Waals surface area contributed by atoms with E-state index in [1.807, 2.05) is 0 Å². The van der Waals surface area contributed by atoms with Gasteiger partial charge in [0.1, 0.15) is 0 Å². The maximum absolute atomic E-state index is 12.3. The summed E-state index contributed by atoms with van der Waals surface area (Å²) < 4.78 is 0. The standard InChI is InChI=1S/C21H31N3O3/c1-23(11-9-20(26)22-19-7-5-16(15-25)6-8-19)21(27)10-12-24-13-17-3-2-4-18(17)14-24/h5-8,17-18,25H,2-4,9-15H2,1H3,(H,22,26). The van der Waals surface area contributed by atoms with Gasteiger partial charge in [-0.3, -0.25) is 9.59 Å². The fraction of sp³-hybridized carbons (Fsp3) is 0.619. The Kier molecular flexibility index (Phi) is 6.85. The smallest absolute Gasteiger partial charge is 0.226 e. The third kappa shape index (κ3) is 5.53. The molecule has 2 amide bonds. The van der Waals surface area contributed by atoms with Gasteiger partial charge in [-0.1, -0.05) is 18.6 Å². The highest BCUT2D eigenvalue weighted by atomic mass is 16.3. The van der Waals surface area contributed by atoms with Crippen molar-refractivity contribution in [1.82, 2.24) is 9.80 Å². The van der Waals surface area contributed by atoms with Gasteiger partial charge in [0, 0.05) is 51.8 Å². The van der Waals surface area contributed by atoms with E-state index in [0.29, 0.717) is 18.7 Å². The first-order valence-corrected chi connectivity index (χ1v) is 10.0. The summed E-state index contributed by atoms with van der Waals surface area (Å²) in [5, 5.41) is 11.9. The number of nitrogens with zero attached hydrogens (tertiary/aromatic N) is 2. The van der Waals surface area contributed by atoms with Crippen LogP contribution in [0.15, 0.2) is 24.3 Å². The molecule has 2 unspecified atom stereocenters. The van der Waals surface area contributed by atoms with Crippen molar-refractivity contribution in [2.24, 2.45) is 11.8 Å². The van der Waals surface area contributed by atoms with Crippen LogP contribution in [0.3, 0.4) is 0 Å². The average molecular weight is 373 g/mol. The molecule has 1 aromatic carbocycles. The van der Waals surface area contributed by atoms with Crippen LogP contribution in [-0.2, 0) is 16.2 Å². The zero-order chi connectivity index (χ0) is 19.2. The van der Waals surface area contributed by atoms with E-state index in [2.05, 4.69) is 10.2 Å². The summed E-state index contributed by atoms with van der Waals surface area (Å²) in [4.78, 5) is 28.5. The van der Waals surface area contributed by atoms with Crippen LogP contribution in [0.4, 0.5) is 5.69 Å². The number of amides is 2. The third-order valence-corrected chi connectivity index (χ3v) is 5.96. The molecule has 3 rings (SSSR count). The Bertz CT molecular complexity index is 635. The Hall–Kier alpha value is -1.92. The first kappa shape index (κ1) is 19.8. The molecule has 2 aliphatic rings. The first-order chi connectivity index (χ1) is 13.0. The molecule has 0 radical (unpaired) electrons. The highest BCUT2D eigenvalue weighted by Crippen LogP contribution is 2.37. The number of aliphatic hydroxyl groups is 1. The second-order valence-electron chi connectivity index (χ2n) is 7.93. The van der Waals surface area contributed by atoms with E-state index in [1.54, 1.807) is 36.2 Å². The van der Waals surface area contributed by atoms with E-state index in [-0.39, 0.29) is 24.8 Å². The zero-order valence-corrected chi connectivity index (χ0v) is 16.2. The van der Waals surface area contributed by atoms with Gasteiger partial charge in [0.15, 0.2) is 0 Å². The molecule has 1 aliphatic carbocycles. The van der Waals surface area contributed by atoms with Crippen LogP contribution in [-0.4, -0.2) is 59.9 Å². The van der Waals surface area contributed by atoms with Crippen molar-refractivity contribution in [3.63, 3.8) is 0 Å². The maximum atomic E-state index is 12.3. The van der Waals surface area contributed by atoms with Crippen LogP contribution in [0, 0.1) is 11.8 Å². The van der Waals surface area contributed by atoms with Crippen molar-refractivity contribution in [2.45, 2.75) is 38.7 Å². The quantitative estimate of drug-likeness (QED) is 0.732. The molecular formula is C21H31N3O3. The van der Waals surface area contributed by atoms with Crippen molar-refractivity contribution >= 4 is 17.5 Å². The largest absolute Gasteiger partial charge is 0.392 e. The summed E-state index contributed by atoms with van der Waals surface area (Å²) in [6.07, 6.45) is 4.89. The van der Waals surface area contributed by atoms with Crippen molar-refractivity contribution in [1.29, 1.82) is 0 Å². The number of fused-ring (bicyclic) bond motifs is 1. The van der Waals surface area contributed by atoms with E-state index in [9.17, 15) is 9.59 Å². The zero-order valence-electron chi connectivity index (χ0n) is 16.2. The lowest BCUT2D eigenvalue weighted by atomic mass is 10.0. The Balaban J connectivity index is 1.33. The molecule has 0 bridgehead atoms. The summed E-state index contributed by atoms with van der Waals surface area (Å²) in [6, 6.07) is 7.09. The minimum atomic E-state index is -0.112. The topological polar surface area (TPSA) is 72.9 Å². The molecular weight excluding hydrogens is 342 g/mol. The van der Waals surface area contributed by atoms with Crippen LogP contribution in [0.2, 0.25) is 0 Å². The van der Waals surface area contributed by atoms with Crippen LogP contribution in [0.5, 0.6) is 0 Å². The Morgan fingerprint density at radius 3 is 2.44 bits per heavy atom. The average Bonchev–Trinajstić information content (AvgIpc) is 3.26. The van der Waals surface area contributed by atoms with E-state index in [1.165, 1.54) is 19.3 Å². The molecule has 2 N–H and O–H groups in total. The molecule has 6 nitrogen and oxygen atoms in total. The van der Waals surface area contributed by atoms with Gasteiger partial charge in [-0.25, -0.2) is 0 Å². The molecule has 1 aliphatic heterocycles. The lowest BCUT2D eigenvalue weighted by Crippen LogP contribution is -2.33. The molecule has 1 heterocycles. The number of anilines is 1. The van der Waals surface area contributed by atoms with Crippen molar-refractivity contribution in [3.8, 4) is 0 Å². The highest BCUT2D eigenvalue weighted by Gasteiger charge is 2.35. The molecule has 2 fully saturated rings. The van der Waals surface area contributed by atoms with E-state index < -0.39 is 0 Å². The van der Waals surface area contributed by atoms with Crippen molar-refractivity contribution in [2.75, 3.05) is 38.5 Å². The van der Waals surface area contributed by atoms with Gasteiger partial charge in [-0.15, -0.1) is 0 Å². The summed E-state index contributed by atoms with van der Waals surface area (Å²) in [5.41, 5.74) is 1.51. The summed E-state index contributed by atoms with van der Waals surface area (Å²) in [5.74, 6) is 1.70. The first-order valence-electron chi connectivity index (χ1n) is 10.0. The minimum Gasteiger partial charge on any atom is -0.392 e. The highest BCUT2D eigenvalue weighted by molar-refractivity contribution is 5.91. The number of aliphatic hydroxyl groups excluding tert-OH is 1. The Morgan fingerprint density at radius 1 is 1.15 bits per heavy atom. The fourth-order valence-corrected chi connectivity index (χ4v) is 4.27. The summed E-state index contributed by atoms with van der Waals surface area (Å²) >= 11 is 0. The van der Waals surface area contributed by atoms with Gasteiger partial charge in [0.25, 0.3) is 0 Å². The molecule has 6 heteroatoms. The second-order valence-corrected chi connectivity index (χ2v) is 7.93. The minimum absolute atomic E-state index is 0.0140. The van der Waals surface area contributed by atoms with Gasteiger partial charge < -0.3 is 20.2 Å². The van der Waals surface area contributed by atoms with Crippen LogP contribution >= 0.6 is 0 Å². The Labute approximate surface area is 161 Å². The molecule has 0 spiro atoms. The maximum Gasteiger partial charge on any atom is 0.226 e. The molecule has 1 saturated carbocycles. The molecule has 1 saturated heterocycles.